The van der Waals surface area contributed by atoms with Gasteiger partial charge in [0.2, 0.25) is 10.0 Å². The summed E-state index contributed by atoms with van der Waals surface area (Å²) in [7, 11) is -2.18. The normalized spacial score (nSPS) is 11.2. The Labute approximate surface area is 126 Å². The molecular formula is C13H13FN2O3S2. The zero-order chi connectivity index (χ0) is 15.6. The number of halogens is 1. The van der Waals surface area contributed by atoms with E-state index in [1.807, 2.05) is 0 Å². The predicted molar refractivity (Wildman–Crippen MR) is 81.9 cm³/mol. The molecule has 0 bridgehead atoms. The van der Waals surface area contributed by atoms with E-state index in [0.29, 0.717) is 4.88 Å². The maximum Gasteiger partial charge on any atom is 0.265 e. The third-order valence-corrected chi connectivity index (χ3v) is 4.85. The van der Waals surface area contributed by atoms with Gasteiger partial charge >= 0.3 is 0 Å². The monoisotopic (exact) mass is 328 g/mol. The number of carbonyl (C=O) groups excluding carboxylic acids is 1. The van der Waals surface area contributed by atoms with Crippen LogP contribution in [-0.4, -0.2) is 27.6 Å². The van der Waals surface area contributed by atoms with E-state index >= 15 is 0 Å². The Hall–Kier alpha value is -1.93. The number of nitrogens with one attached hydrogen (secondary N) is 1. The summed E-state index contributed by atoms with van der Waals surface area (Å²) in [5, 5.41) is 4.27. The number of hydrogen-bond acceptors (Lipinski definition) is 4. The standard InChI is InChI=1S/C13H13FN2O3S2/c1-16(21(2,18)19)11-6-5-9(14)8-10(11)15-13(17)12-4-3-7-20-12/h3-8H,1-2H3,(H,15,17). The molecule has 0 aliphatic rings. The van der Waals surface area contributed by atoms with Crippen LogP contribution in [0.15, 0.2) is 35.7 Å². The van der Waals surface area contributed by atoms with Gasteiger partial charge in [0.25, 0.3) is 5.91 Å². The van der Waals surface area contributed by atoms with Crippen molar-refractivity contribution >= 4 is 38.6 Å². The lowest BCUT2D eigenvalue weighted by Gasteiger charge is -2.20. The van der Waals surface area contributed by atoms with Crippen LogP contribution in [0.2, 0.25) is 0 Å². The Balaban J connectivity index is 2.38. The molecule has 2 rings (SSSR count). The quantitative estimate of drug-likeness (QED) is 0.938. The summed E-state index contributed by atoms with van der Waals surface area (Å²) >= 11 is 1.24. The largest absolute Gasteiger partial charge is 0.319 e. The van der Waals surface area contributed by atoms with Gasteiger partial charge in [-0.2, -0.15) is 0 Å². The van der Waals surface area contributed by atoms with Crippen molar-refractivity contribution in [3.05, 3.63) is 46.4 Å². The minimum absolute atomic E-state index is 0.0984. The van der Waals surface area contributed by atoms with E-state index in [-0.39, 0.29) is 11.4 Å². The van der Waals surface area contributed by atoms with Crippen molar-refractivity contribution < 1.29 is 17.6 Å². The molecule has 2 aromatic rings. The molecule has 112 valence electrons. The zero-order valence-corrected chi connectivity index (χ0v) is 13.0. The van der Waals surface area contributed by atoms with Crippen LogP contribution in [0, 0.1) is 5.82 Å². The molecule has 1 amide bonds. The number of amides is 1. The van der Waals surface area contributed by atoms with Crippen molar-refractivity contribution in [3.8, 4) is 0 Å². The van der Waals surface area contributed by atoms with Gasteiger partial charge < -0.3 is 5.32 Å². The summed E-state index contributed by atoms with van der Waals surface area (Å²) in [6.45, 7) is 0. The van der Waals surface area contributed by atoms with E-state index in [1.54, 1.807) is 17.5 Å². The van der Waals surface area contributed by atoms with Crippen molar-refractivity contribution in [2.75, 3.05) is 22.9 Å². The second kappa shape index (κ2) is 5.82. The average Bonchev–Trinajstić information content (AvgIpc) is 2.91. The fourth-order valence-corrected chi connectivity index (χ4v) is 2.79. The molecule has 1 N–H and O–H groups in total. The molecule has 0 fully saturated rings. The van der Waals surface area contributed by atoms with Crippen LogP contribution in [0.5, 0.6) is 0 Å². The highest BCUT2D eigenvalue weighted by atomic mass is 32.2. The molecule has 8 heteroatoms. The summed E-state index contributed by atoms with van der Waals surface area (Å²) in [6, 6.07) is 6.87. The zero-order valence-electron chi connectivity index (χ0n) is 11.3. The molecule has 5 nitrogen and oxygen atoms in total. The smallest absolute Gasteiger partial charge is 0.265 e. The summed E-state index contributed by atoms with van der Waals surface area (Å²) in [4.78, 5) is 12.5. The average molecular weight is 328 g/mol. The molecule has 21 heavy (non-hydrogen) atoms. The minimum atomic E-state index is -3.52. The molecule has 0 radical (unpaired) electrons. The van der Waals surface area contributed by atoms with Gasteiger partial charge in [0, 0.05) is 7.05 Å². The van der Waals surface area contributed by atoms with E-state index in [0.717, 1.165) is 22.7 Å². The van der Waals surface area contributed by atoms with Crippen molar-refractivity contribution in [2.24, 2.45) is 0 Å². The maximum atomic E-state index is 13.4. The highest BCUT2D eigenvalue weighted by Gasteiger charge is 2.18. The van der Waals surface area contributed by atoms with Gasteiger partial charge in [0.05, 0.1) is 22.5 Å². The molecular weight excluding hydrogens is 315 g/mol. The van der Waals surface area contributed by atoms with Crippen molar-refractivity contribution in [2.45, 2.75) is 0 Å². The van der Waals surface area contributed by atoms with Gasteiger partial charge in [-0.25, -0.2) is 12.8 Å². The molecule has 1 aromatic carbocycles. The van der Waals surface area contributed by atoms with Gasteiger partial charge in [0.1, 0.15) is 5.82 Å². The topological polar surface area (TPSA) is 66.5 Å². The number of benzene rings is 1. The third-order valence-electron chi connectivity index (χ3n) is 2.79. The predicted octanol–water partition coefficient (Wildman–Crippen LogP) is 2.54. The summed E-state index contributed by atoms with van der Waals surface area (Å²) in [6.07, 6.45) is 1.03. The fraction of sp³-hybridized carbons (Fsp3) is 0.154. The minimum Gasteiger partial charge on any atom is -0.319 e. The molecule has 0 aliphatic heterocycles. The molecule has 0 atom stereocenters. The van der Waals surface area contributed by atoms with Gasteiger partial charge in [-0.1, -0.05) is 6.07 Å². The first-order chi connectivity index (χ1) is 9.79. The van der Waals surface area contributed by atoms with Crippen LogP contribution >= 0.6 is 11.3 Å². The number of nitrogens with zero attached hydrogens (tertiary/aromatic N) is 1. The van der Waals surface area contributed by atoms with Crippen molar-refractivity contribution in [3.63, 3.8) is 0 Å². The first-order valence-electron chi connectivity index (χ1n) is 5.87. The van der Waals surface area contributed by atoms with Crippen LogP contribution in [-0.2, 0) is 10.0 Å². The SMILES string of the molecule is CN(c1ccc(F)cc1NC(=O)c1cccs1)S(C)(=O)=O. The maximum absolute atomic E-state index is 13.4. The summed E-state index contributed by atoms with van der Waals surface area (Å²) in [5.74, 6) is -0.985. The molecule has 0 unspecified atom stereocenters. The number of hydrogen-bond donors (Lipinski definition) is 1. The molecule has 0 spiro atoms. The highest BCUT2D eigenvalue weighted by Crippen LogP contribution is 2.28. The Morgan fingerprint density at radius 3 is 2.62 bits per heavy atom. The highest BCUT2D eigenvalue weighted by molar-refractivity contribution is 7.92. The Bertz CT molecular complexity index is 758. The van der Waals surface area contributed by atoms with Crippen LogP contribution < -0.4 is 9.62 Å². The number of anilines is 2. The summed E-state index contributed by atoms with van der Waals surface area (Å²) < 4.78 is 37.6. The number of thiophene rings is 1. The first-order valence-corrected chi connectivity index (χ1v) is 8.60. The van der Waals surface area contributed by atoms with Gasteiger partial charge in [0.15, 0.2) is 0 Å². The molecule has 0 saturated carbocycles. The fourth-order valence-electron chi connectivity index (χ4n) is 1.65. The lowest BCUT2D eigenvalue weighted by atomic mass is 10.2. The Kier molecular flexibility index (Phi) is 4.29. The van der Waals surface area contributed by atoms with Crippen LogP contribution in [0.1, 0.15) is 9.67 Å². The van der Waals surface area contributed by atoms with Crippen LogP contribution in [0.25, 0.3) is 0 Å². The van der Waals surface area contributed by atoms with Gasteiger partial charge in [-0.15, -0.1) is 11.3 Å². The van der Waals surface area contributed by atoms with Crippen molar-refractivity contribution in [1.82, 2.24) is 0 Å². The number of sulfonamides is 1. The van der Waals surface area contributed by atoms with Gasteiger partial charge in [-0.05, 0) is 29.6 Å². The Morgan fingerprint density at radius 2 is 2.05 bits per heavy atom. The van der Waals surface area contributed by atoms with Crippen LogP contribution in [0.4, 0.5) is 15.8 Å². The lowest BCUT2D eigenvalue weighted by Crippen LogP contribution is -2.26. The van der Waals surface area contributed by atoms with Gasteiger partial charge in [-0.3, -0.25) is 9.10 Å². The number of rotatable bonds is 4. The van der Waals surface area contributed by atoms with E-state index in [1.165, 1.54) is 24.5 Å². The molecule has 1 heterocycles. The van der Waals surface area contributed by atoms with Crippen LogP contribution in [0.3, 0.4) is 0 Å². The molecule has 0 aliphatic carbocycles. The molecule has 0 saturated heterocycles. The van der Waals surface area contributed by atoms with E-state index < -0.39 is 21.7 Å². The lowest BCUT2D eigenvalue weighted by molar-refractivity contribution is 0.103. The van der Waals surface area contributed by atoms with E-state index in [2.05, 4.69) is 5.32 Å². The third kappa shape index (κ3) is 3.59. The second-order valence-corrected chi connectivity index (χ2v) is 7.28. The first kappa shape index (κ1) is 15.5. The Morgan fingerprint density at radius 1 is 1.33 bits per heavy atom. The van der Waals surface area contributed by atoms with E-state index in [4.69, 9.17) is 0 Å². The molecule has 1 aromatic heterocycles. The number of carbonyl (C=O) groups is 1. The van der Waals surface area contributed by atoms with E-state index in [9.17, 15) is 17.6 Å². The summed E-state index contributed by atoms with van der Waals surface area (Å²) in [5.41, 5.74) is 0.296. The van der Waals surface area contributed by atoms with Crippen molar-refractivity contribution in [1.29, 1.82) is 0 Å². The second-order valence-electron chi connectivity index (χ2n) is 4.32.